The topological polar surface area (TPSA) is 80.6 Å². The predicted octanol–water partition coefficient (Wildman–Crippen LogP) is 2.66. The molecule has 0 spiro atoms. The number of carbonyl (C=O) groups is 2. The van der Waals surface area contributed by atoms with Gasteiger partial charge < -0.3 is 19.8 Å². The molecule has 0 atom stereocenters. The second kappa shape index (κ2) is 8.93. The van der Waals surface area contributed by atoms with Crippen LogP contribution in [0.2, 0.25) is 0 Å². The fourth-order valence-corrected chi connectivity index (χ4v) is 1.94. The number of amides is 2. The molecular weight excluding hydrogens is 353 g/mol. The summed E-state index contributed by atoms with van der Waals surface area (Å²) in [5, 5.41) is 5.19. The van der Waals surface area contributed by atoms with Gasteiger partial charge in [0.1, 0.15) is 5.75 Å². The third kappa shape index (κ3) is 6.88. The maximum absolute atomic E-state index is 12.1. The molecule has 0 unspecified atom stereocenters. The van der Waals surface area contributed by atoms with E-state index in [0.717, 1.165) is 0 Å². The van der Waals surface area contributed by atoms with Gasteiger partial charge in [-0.2, -0.15) is 13.2 Å². The summed E-state index contributed by atoms with van der Waals surface area (Å²) in [4.78, 5) is 23.3. The van der Waals surface area contributed by atoms with E-state index in [1.165, 1.54) is 24.5 Å². The minimum Gasteiger partial charge on any atom is -0.484 e. The summed E-state index contributed by atoms with van der Waals surface area (Å²) < 4.78 is 45.7. The van der Waals surface area contributed by atoms with Crippen LogP contribution in [0, 0.1) is 0 Å². The number of furan rings is 1. The van der Waals surface area contributed by atoms with Crippen LogP contribution in [0.4, 0.5) is 13.2 Å². The van der Waals surface area contributed by atoms with Gasteiger partial charge >= 0.3 is 6.18 Å². The highest BCUT2D eigenvalue weighted by molar-refractivity contribution is 5.91. The summed E-state index contributed by atoms with van der Waals surface area (Å²) in [6, 6.07) is 9.02. The van der Waals surface area contributed by atoms with E-state index in [4.69, 9.17) is 4.42 Å². The predicted molar refractivity (Wildman–Crippen MR) is 85.5 cm³/mol. The SMILES string of the molecule is O=C(CCNC(=O)c1ccco1)NCc1ccc(OCC(F)(F)F)cc1. The molecule has 2 N–H and O–H groups in total. The van der Waals surface area contributed by atoms with Crippen molar-refractivity contribution in [2.45, 2.75) is 19.1 Å². The van der Waals surface area contributed by atoms with Crippen molar-refractivity contribution in [1.82, 2.24) is 10.6 Å². The van der Waals surface area contributed by atoms with E-state index in [1.54, 1.807) is 18.2 Å². The molecule has 0 saturated carbocycles. The highest BCUT2D eigenvalue weighted by Gasteiger charge is 2.28. The van der Waals surface area contributed by atoms with Gasteiger partial charge in [0.2, 0.25) is 5.91 Å². The lowest BCUT2D eigenvalue weighted by molar-refractivity contribution is -0.153. The lowest BCUT2D eigenvalue weighted by atomic mass is 10.2. The lowest BCUT2D eigenvalue weighted by Crippen LogP contribution is -2.30. The van der Waals surface area contributed by atoms with E-state index in [-0.39, 0.29) is 36.9 Å². The summed E-state index contributed by atoms with van der Waals surface area (Å²) in [7, 11) is 0. The summed E-state index contributed by atoms with van der Waals surface area (Å²) in [6.45, 7) is -0.993. The molecule has 1 aromatic carbocycles. The first kappa shape index (κ1) is 19.4. The van der Waals surface area contributed by atoms with Crippen LogP contribution in [-0.4, -0.2) is 31.1 Å². The Hall–Kier alpha value is -2.97. The maximum Gasteiger partial charge on any atom is 0.422 e. The maximum atomic E-state index is 12.1. The van der Waals surface area contributed by atoms with Crippen molar-refractivity contribution in [2.24, 2.45) is 0 Å². The number of hydrogen-bond donors (Lipinski definition) is 2. The third-order valence-electron chi connectivity index (χ3n) is 3.20. The molecule has 1 aromatic heterocycles. The van der Waals surface area contributed by atoms with Crippen LogP contribution in [0.15, 0.2) is 47.1 Å². The number of rotatable bonds is 8. The Kier molecular flexibility index (Phi) is 6.65. The number of ether oxygens (including phenoxy) is 1. The van der Waals surface area contributed by atoms with Gasteiger partial charge in [-0.15, -0.1) is 0 Å². The van der Waals surface area contributed by atoms with Crippen molar-refractivity contribution in [2.75, 3.05) is 13.2 Å². The van der Waals surface area contributed by atoms with Gasteiger partial charge in [-0.3, -0.25) is 9.59 Å². The van der Waals surface area contributed by atoms with Gasteiger partial charge in [0.05, 0.1) is 6.26 Å². The number of benzene rings is 1. The second-order valence-corrected chi connectivity index (χ2v) is 5.31. The molecule has 140 valence electrons. The van der Waals surface area contributed by atoms with E-state index >= 15 is 0 Å². The van der Waals surface area contributed by atoms with Crippen LogP contribution in [0.3, 0.4) is 0 Å². The van der Waals surface area contributed by atoms with E-state index in [2.05, 4.69) is 15.4 Å². The molecule has 9 heteroatoms. The van der Waals surface area contributed by atoms with Crippen LogP contribution >= 0.6 is 0 Å². The normalized spacial score (nSPS) is 11.0. The first-order valence-electron chi connectivity index (χ1n) is 7.70. The minimum absolute atomic E-state index is 0.0826. The molecule has 0 bridgehead atoms. The summed E-state index contributed by atoms with van der Waals surface area (Å²) in [5.74, 6) is -0.421. The fraction of sp³-hybridized carbons (Fsp3) is 0.294. The van der Waals surface area contributed by atoms with Crippen molar-refractivity contribution in [3.63, 3.8) is 0 Å². The molecule has 0 aliphatic heterocycles. The monoisotopic (exact) mass is 370 g/mol. The number of hydrogen-bond acceptors (Lipinski definition) is 4. The second-order valence-electron chi connectivity index (χ2n) is 5.31. The number of carbonyl (C=O) groups excluding carboxylic acids is 2. The van der Waals surface area contributed by atoms with Gasteiger partial charge in [-0.25, -0.2) is 0 Å². The minimum atomic E-state index is -4.39. The Labute approximate surface area is 147 Å². The van der Waals surface area contributed by atoms with Crippen molar-refractivity contribution in [3.8, 4) is 5.75 Å². The van der Waals surface area contributed by atoms with Crippen LogP contribution in [0.5, 0.6) is 5.75 Å². The highest BCUT2D eigenvalue weighted by atomic mass is 19.4. The molecule has 26 heavy (non-hydrogen) atoms. The summed E-state index contributed by atoms with van der Waals surface area (Å²) >= 11 is 0. The molecule has 0 radical (unpaired) electrons. The molecule has 0 aliphatic carbocycles. The van der Waals surface area contributed by atoms with Crippen LogP contribution in [0.1, 0.15) is 22.5 Å². The fourth-order valence-electron chi connectivity index (χ4n) is 1.94. The molecule has 0 aliphatic rings. The average Bonchev–Trinajstić information content (AvgIpc) is 3.13. The smallest absolute Gasteiger partial charge is 0.422 e. The highest BCUT2D eigenvalue weighted by Crippen LogP contribution is 2.18. The number of halogens is 3. The largest absolute Gasteiger partial charge is 0.484 e. The van der Waals surface area contributed by atoms with Gasteiger partial charge in [0.25, 0.3) is 5.91 Å². The van der Waals surface area contributed by atoms with Gasteiger partial charge in [-0.1, -0.05) is 12.1 Å². The van der Waals surface area contributed by atoms with Crippen LogP contribution < -0.4 is 15.4 Å². The standard InChI is InChI=1S/C17H17F3N2O4/c18-17(19,20)11-26-13-5-3-12(4-6-13)10-22-15(23)7-8-21-16(24)14-2-1-9-25-14/h1-6,9H,7-8,10-11H2,(H,21,24)(H,22,23). The number of alkyl halides is 3. The third-order valence-corrected chi connectivity index (χ3v) is 3.20. The first-order valence-corrected chi connectivity index (χ1v) is 7.70. The van der Waals surface area contributed by atoms with Crippen LogP contribution in [-0.2, 0) is 11.3 Å². The van der Waals surface area contributed by atoms with Crippen molar-refractivity contribution in [3.05, 3.63) is 54.0 Å². The molecule has 2 aromatic rings. The Balaban J connectivity index is 1.66. The van der Waals surface area contributed by atoms with Gasteiger partial charge in [0.15, 0.2) is 12.4 Å². The zero-order valence-corrected chi connectivity index (χ0v) is 13.6. The molecule has 6 nitrogen and oxygen atoms in total. The molecular formula is C17H17F3N2O4. The molecule has 1 heterocycles. The van der Waals surface area contributed by atoms with Gasteiger partial charge in [0, 0.05) is 19.5 Å². The Morgan fingerprint density at radius 1 is 1.08 bits per heavy atom. The molecule has 2 amide bonds. The Morgan fingerprint density at radius 3 is 2.42 bits per heavy atom. The zero-order valence-electron chi connectivity index (χ0n) is 13.6. The zero-order chi connectivity index (χ0) is 19.0. The summed E-state index contributed by atoms with van der Waals surface area (Å²) in [6.07, 6.45) is -2.93. The number of nitrogens with one attached hydrogen (secondary N) is 2. The van der Waals surface area contributed by atoms with E-state index < -0.39 is 18.7 Å². The average molecular weight is 370 g/mol. The first-order chi connectivity index (χ1) is 12.3. The van der Waals surface area contributed by atoms with E-state index in [9.17, 15) is 22.8 Å². The van der Waals surface area contributed by atoms with E-state index in [1.807, 2.05) is 0 Å². The molecule has 0 fully saturated rings. The quantitative estimate of drug-likeness (QED) is 0.749. The van der Waals surface area contributed by atoms with Crippen molar-refractivity contribution in [1.29, 1.82) is 0 Å². The molecule has 2 rings (SSSR count). The van der Waals surface area contributed by atoms with Crippen molar-refractivity contribution < 1.29 is 31.9 Å². The molecule has 0 saturated heterocycles. The lowest BCUT2D eigenvalue weighted by Gasteiger charge is -2.10. The van der Waals surface area contributed by atoms with Gasteiger partial charge in [-0.05, 0) is 29.8 Å². The van der Waals surface area contributed by atoms with E-state index in [0.29, 0.717) is 5.56 Å². The summed E-state index contributed by atoms with van der Waals surface area (Å²) in [5.41, 5.74) is 0.706. The van der Waals surface area contributed by atoms with Crippen molar-refractivity contribution >= 4 is 11.8 Å². The van der Waals surface area contributed by atoms with Crippen LogP contribution in [0.25, 0.3) is 0 Å². The Bertz CT molecular complexity index is 713. The Morgan fingerprint density at radius 2 is 1.81 bits per heavy atom.